The summed E-state index contributed by atoms with van der Waals surface area (Å²) in [5, 5.41) is 3.54. The highest BCUT2D eigenvalue weighted by Gasteiger charge is 2.46. The number of carbonyl (C=O) groups is 1. The molecular weight excluding hydrogens is 190 g/mol. The van der Waals surface area contributed by atoms with E-state index >= 15 is 0 Å². The van der Waals surface area contributed by atoms with Gasteiger partial charge in [-0.3, -0.25) is 10.1 Å². The zero-order valence-corrected chi connectivity index (χ0v) is 9.55. The molecule has 0 heterocycles. The lowest BCUT2D eigenvalue weighted by Gasteiger charge is -2.42. The highest BCUT2D eigenvalue weighted by atomic mass is 16.5. The van der Waals surface area contributed by atoms with E-state index in [4.69, 9.17) is 4.74 Å². The van der Waals surface area contributed by atoms with E-state index in [-0.39, 0.29) is 11.5 Å². The first-order valence-electron chi connectivity index (χ1n) is 6.22. The van der Waals surface area contributed by atoms with Crippen LogP contribution in [0.25, 0.3) is 0 Å². The third-order valence-electron chi connectivity index (χ3n) is 3.71. The molecule has 0 saturated heterocycles. The van der Waals surface area contributed by atoms with Crippen molar-refractivity contribution in [1.29, 1.82) is 0 Å². The lowest BCUT2D eigenvalue weighted by Crippen LogP contribution is -2.60. The van der Waals surface area contributed by atoms with Gasteiger partial charge in [-0.15, -0.1) is 0 Å². The van der Waals surface area contributed by atoms with Crippen LogP contribution in [0.2, 0.25) is 0 Å². The van der Waals surface area contributed by atoms with Crippen molar-refractivity contribution in [3.05, 3.63) is 0 Å². The summed E-state index contributed by atoms with van der Waals surface area (Å²) in [6, 6.07) is 0.551. The Balaban J connectivity index is 1.92. The van der Waals surface area contributed by atoms with Gasteiger partial charge in [0.05, 0.1) is 6.61 Å². The molecule has 0 radical (unpaired) electrons. The fourth-order valence-corrected chi connectivity index (χ4v) is 2.67. The summed E-state index contributed by atoms with van der Waals surface area (Å²) < 4.78 is 5.16. The van der Waals surface area contributed by atoms with Crippen molar-refractivity contribution in [3.63, 3.8) is 0 Å². The van der Waals surface area contributed by atoms with Crippen molar-refractivity contribution in [1.82, 2.24) is 5.32 Å². The number of carbonyl (C=O) groups excluding carboxylic acids is 1. The van der Waals surface area contributed by atoms with Crippen LogP contribution in [-0.4, -0.2) is 24.2 Å². The third-order valence-corrected chi connectivity index (χ3v) is 3.71. The average molecular weight is 211 g/mol. The van der Waals surface area contributed by atoms with Crippen LogP contribution >= 0.6 is 0 Å². The normalized spacial score (nSPS) is 24.9. The maximum Gasteiger partial charge on any atom is 0.326 e. The van der Waals surface area contributed by atoms with E-state index in [1.165, 1.54) is 25.7 Å². The van der Waals surface area contributed by atoms with E-state index in [1.807, 2.05) is 6.92 Å². The van der Waals surface area contributed by atoms with Gasteiger partial charge in [0.1, 0.15) is 5.54 Å². The molecule has 15 heavy (non-hydrogen) atoms. The minimum atomic E-state index is -0.314. The summed E-state index contributed by atoms with van der Waals surface area (Å²) in [4.78, 5) is 11.9. The molecule has 2 rings (SSSR count). The Morgan fingerprint density at radius 3 is 2.47 bits per heavy atom. The lowest BCUT2D eigenvalue weighted by atomic mass is 9.76. The number of esters is 1. The van der Waals surface area contributed by atoms with Crippen LogP contribution in [0.15, 0.2) is 0 Å². The topological polar surface area (TPSA) is 38.3 Å². The number of hydrogen-bond donors (Lipinski definition) is 1. The van der Waals surface area contributed by atoms with Crippen LogP contribution in [0.4, 0.5) is 0 Å². The van der Waals surface area contributed by atoms with Crippen LogP contribution < -0.4 is 5.32 Å². The summed E-state index contributed by atoms with van der Waals surface area (Å²) in [7, 11) is 0. The fraction of sp³-hybridized carbons (Fsp3) is 0.917. The smallest absolute Gasteiger partial charge is 0.326 e. The molecule has 0 spiro atoms. The van der Waals surface area contributed by atoms with Gasteiger partial charge in [0.25, 0.3) is 0 Å². The van der Waals surface area contributed by atoms with E-state index in [0.717, 1.165) is 19.3 Å². The van der Waals surface area contributed by atoms with Crippen LogP contribution in [-0.2, 0) is 9.53 Å². The summed E-state index contributed by atoms with van der Waals surface area (Å²) in [6.45, 7) is 2.37. The Labute approximate surface area is 91.6 Å². The summed E-state index contributed by atoms with van der Waals surface area (Å²) in [5.74, 6) is -0.0249. The monoisotopic (exact) mass is 211 g/mol. The maximum absolute atomic E-state index is 11.9. The molecule has 0 aromatic heterocycles. The Hall–Kier alpha value is -0.570. The first-order chi connectivity index (χ1) is 7.27. The van der Waals surface area contributed by atoms with E-state index in [1.54, 1.807) is 0 Å². The maximum atomic E-state index is 11.9. The number of hydrogen-bond acceptors (Lipinski definition) is 3. The second kappa shape index (κ2) is 4.52. The highest BCUT2D eigenvalue weighted by molar-refractivity contribution is 5.82. The molecule has 0 amide bonds. The first kappa shape index (κ1) is 10.9. The molecule has 0 unspecified atom stereocenters. The van der Waals surface area contributed by atoms with Gasteiger partial charge < -0.3 is 4.74 Å². The Bertz CT molecular complexity index is 230. The van der Waals surface area contributed by atoms with E-state index in [0.29, 0.717) is 12.6 Å². The fourth-order valence-electron chi connectivity index (χ4n) is 2.67. The minimum Gasteiger partial charge on any atom is -0.465 e. The van der Waals surface area contributed by atoms with Crippen molar-refractivity contribution >= 4 is 5.97 Å². The average Bonchev–Trinajstić information content (AvgIpc) is 2.63. The van der Waals surface area contributed by atoms with E-state index < -0.39 is 0 Å². The second-order valence-electron chi connectivity index (χ2n) is 4.78. The summed E-state index contributed by atoms with van der Waals surface area (Å²) in [6.07, 6.45) is 8.12. The quantitative estimate of drug-likeness (QED) is 0.723. The van der Waals surface area contributed by atoms with Gasteiger partial charge in [-0.25, -0.2) is 0 Å². The Morgan fingerprint density at radius 1 is 1.33 bits per heavy atom. The molecule has 1 N–H and O–H groups in total. The molecule has 2 saturated carbocycles. The molecule has 86 valence electrons. The van der Waals surface area contributed by atoms with Gasteiger partial charge >= 0.3 is 5.97 Å². The van der Waals surface area contributed by atoms with Crippen LogP contribution in [0.5, 0.6) is 0 Å². The van der Waals surface area contributed by atoms with Gasteiger partial charge in [-0.2, -0.15) is 0 Å². The predicted molar refractivity (Wildman–Crippen MR) is 58.6 cm³/mol. The summed E-state index contributed by atoms with van der Waals surface area (Å²) in [5.41, 5.74) is -0.314. The molecule has 2 aliphatic carbocycles. The van der Waals surface area contributed by atoms with Crippen molar-refractivity contribution in [2.75, 3.05) is 6.61 Å². The van der Waals surface area contributed by atoms with Crippen molar-refractivity contribution in [3.8, 4) is 0 Å². The zero-order chi connectivity index (χ0) is 10.7. The zero-order valence-electron chi connectivity index (χ0n) is 9.55. The molecule has 0 aromatic carbocycles. The van der Waals surface area contributed by atoms with Gasteiger partial charge in [0.2, 0.25) is 0 Å². The molecule has 0 aliphatic heterocycles. The molecule has 0 bridgehead atoms. The number of rotatable bonds is 4. The van der Waals surface area contributed by atoms with Gasteiger partial charge in [0, 0.05) is 6.04 Å². The SMILES string of the molecule is CCOC(=O)C1(NC2CCCC2)CCC1. The van der Waals surface area contributed by atoms with Gasteiger partial charge in [0.15, 0.2) is 0 Å². The molecule has 3 nitrogen and oxygen atoms in total. The van der Waals surface area contributed by atoms with E-state index in [2.05, 4.69) is 5.32 Å². The Kier molecular flexibility index (Phi) is 3.29. The van der Waals surface area contributed by atoms with Crippen molar-refractivity contribution in [2.24, 2.45) is 0 Å². The molecule has 2 fully saturated rings. The van der Waals surface area contributed by atoms with Crippen molar-refractivity contribution in [2.45, 2.75) is 63.5 Å². The highest BCUT2D eigenvalue weighted by Crippen LogP contribution is 2.35. The van der Waals surface area contributed by atoms with Gasteiger partial charge in [-0.1, -0.05) is 12.8 Å². The minimum absolute atomic E-state index is 0.0249. The number of ether oxygens (including phenoxy) is 1. The van der Waals surface area contributed by atoms with E-state index in [9.17, 15) is 4.79 Å². The molecule has 3 heteroatoms. The molecule has 0 atom stereocenters. The second-order valence-corrected chi connectivity index (χ2v) is 4.78. The lowest BCUT2D eigenvalue weighted by molar-refractivity contribution is -0.155. The van der Waals surface area contributed by atoms with Crippen LogP contribution in [0, 0.1) is 0 Å². The standard InChI is InChI=1S/C12H21NO2/c1-2-15-11(14)12(8-5-9-12)13-10-6-3-4-7-10/h10,13H,2-9H2,1H3. The molecule has 2 aliphatic rings. The van der Waals surface area contributed by atoms with Gasteiger partial charge in [-0.05, 0) is 39.0 Å². The van der Waals surface area contributed by atoms with Crippen molar-refractivity contribution < 1.29 is 9.53 Å². The first-order valence-corrected chi connectivity index (χ1v) is 6.22. The molecule has 0 aromatic rings. The van der Waals surface area contributed by atoms with Crippen LogP contribution in [0.1, 0.15) is 51.9 Å². The predicted octanol–water partition coefficient (Wildman–Crippen LogP) is 2.00. The van der Waals surface area contributed by atoms with Crippen LogP contribution in [0.3, 0.4) is 0 Å². The summed E-state index contributed by atoms with van der Waals surface area (Å²) >= 11 is 0. The number of nitrogens with one attached hydrogen (secondary N) is 1. The Morgan fingerprint density at radius 2 is 2.00 bits per heavy atom. The third kappa shape index (κ3) is 2.17. The molecular formula is C12H21NO2. The largest absolute Gasteiger partial charge is 0.465 e.